The summed E-state index contributed by atoms with van der Waals surface area (Å²) in [6.07, 6.45) is 0. The number of nitrogens with zero attached hydrogens (tertiary/aromatic N) is 1. The van der Waals surface area contributed by atoms with Crippen molar-refractivity contribution < 1.29 is 26.3 Å². The zero-order chi connectivity index (χ0) is 6.78. The van der Waals surface area contributed by atoms with Gasteiger partial charge in [-0.25, -0.2) is 0 Å². The van der Waals surface area contributed by atoms with E-state index in [0.29, 0.717) is 6.54 Å². The van der Waals surface area contributed by atoms with Gasteiger partial charge in [0.1, 0.15) is 6.54 Å². The summed E-state index contributed by atoms with van der Waals surface area (Å²) >= 11 is 0. The quantitative estimate of drug-likeness (QED) is 0.439. The number of carbonyl (C=O) groups excluding carboxylic acids is 1. The molecular formula is C6H14BrNO. The minimum atomic E-state index is 0. The third-order valence-electron chi connectivity index (χ3n) is 0.697. The first-order valence-electron chi connectivity index (χ1n) is 2.72. The minimum Gasteiger partial charge on any atom is -1.00 e. The zero-order valence-electron chi connectivity index (χ0n) is 6.44. The van der Waals surface area contributed by atoms with Crippen LogP contribution in [-0.4, -0.2) is 38.0 Å². The molecule has 0 bridgehead atoms. The molecule has 0 aromatic rings. The van der Waals surface area contributed by atoms with Gasteiger partial charge in [0.25, 0.3) is 0 Å². The maximum atomic E-state index is 10.4. The Morgan fingerprint density at radius 2 is 1.67 bits per heavy atom. The third-order valence-corrected chi connectivity index (χ3v) is 0.697. The lowest BCUT2D eigenvalue weighted by molar-refractivity contribution is -0.862. The SMILES string of the molecule is CC(=O)C[N+](C)(C)C.[Br-]. The fourth-order valence-corrected chi connectivity index (χ4v) is 0.668. The second-order valence-corrected chi connectivity index (χ2v) is 3.15. The molecule has 0 radical (unpaired) electrons. The van der Waals surface area contributed by atoms with Crippen LogP contribution in [0.3, 0.4) is 0 Å². The number of quaternary nitrogens is 1. The molecule has 0 amide bonds. The summed E-state index contributed by atoms with van der Waals surface area (Å²) in [7, 11) is 6.00. The van der Waals surface area contributed by atoms with E-state index in [0.717, 1.165) is 4.48 Å². The first-order valence-corrected chi connectivity index (χ1v) is 2.72. The highest BCUT2D eigenvalue weighted by atomic mass is 79.9. The van der Waals surface area contributed by atoms with Gasteiger partial charge in [0.05, 0.1) is 21.1 Å². The number of likely N-dealkylation sites (N-methyl/N-ethyl adjacent to an activating group) is 1. The number of hydrogen-bond acceptors (Lipinski definition) is 1. The normalized spacial score (nSPS) is 10.2. The molecule has 0 N–H and O–H groups in total. The molecule has 0 rings (SSSR count). The summed E-state index contributed by atoms with van der Waals surface area (Å²) < 4.78 is 0.731. The Balaban J connectivity index is 0. The number of Topliss-reactive ketones (excluding diaryl/α,β-unsaturated/α-hetero) is 1. The fraction of sp³-hybridized carbons (Fsp3) is 0.833. The maximum absolute atomic E-state index is 10.4. The molecule has 0 aromatic carbocycles. The van der Waals surface area contributed by atoms with Crippen LogP contribution in [0.1, 0.15) is 6.92 Å². The second-order valence-electron chi connectivity index (χ2n) is 3.15. The Morgan fingerprint density at radius 1 is 1.33 bits per heavy atom. The van der Waals surface area contributed by atoms with Gasteiger partial charge in [0.2, 0.25) is 0 Å². The van der Waals surface area contributed by atoms with Crippen molar-refractivity contribution in [1.29, 1.82) is 0 Å². The van der Waals surface area contributed by atoms with Crippen molar-refractivity contribution in [2.75, 3.05) is 27.7 Å². The van der Waals surface area contributed by atoms with Crippen LogP contribution >= 0.6 is 0 Å². The van der Waals surface area contributed by atoms with Gasteiger partial charge in [-0.05, 0) is 0 Å². The largest absolute Gasteiger partial charge is 1.00 e. The minimum absolute atomic E-state index is 0. The number of carbonyl (C=O) groups is 1. The molecule has 0 atom stereocenters. The average Bonchev–Trinajstić information content (AvgIpc) is 1.21. The van der Waals surface area contributed by atoms with E-state index < -0.39 is 0 Å². The number of rotatable bonds is 2. The van der Waals surface area contributed by atoms with Gasteiger partial charge in [-0.15, -0.1) is 0 Å². The monoisotopic (exact) mass is 195 g/mol. The molecule has 0 aromatic heterocycles. The van der Waals surface area contributed by atoms with Crippen molar-refractivity contribution in [3.05, 3.63) is 0 Å². The smallest absolute Gasteiger partial charge is 0.183 e. The number of halogens is 1. The summed E-state index contributed by atoms with van der Waals surface area (Å²) in [4.78, 5) is 10.4. The highest BCUT2D eigenvalue weighted by Crippen LogP contribution is 1.87. The molecule has 56 valence electrons. The molecule has 0 unspecified atom stereocenters. The van der Waals surface area contributed by atoms with Crippen LogP contribution < -0.4 is 17.0 Å². The molecule has 0 fully saturated rings. The van der Waals surface area contributed by atoms with Gasteiger partial charge in [0, 0.05) is 6.92 Å². The van der Waals surface area contributed by atoms with Gasteiger partial charge in [-0.1, -0.05) is 0 Å². The van der Waals surface area contributed by atoms with Crippen LogP contribution in [0.15, 0.2) is 0 Å². The third kappa shape index (κ3) is 11.6. The fourth-order valence-electron chi connectivity index (χ4n) is 0.668. The molecule has 0 saturated carbocycles. The Bertz CT molecular complexity index is 95.7. The van der Waals surface area contributed by atoms with Crippen LogP contribution in [0, 0.1) is 0 Å². The van der Waals surface area contributed by atoms with Crippen LogP contribution in [0.25, 0.3) is 0 Å². The van der Waals surface area contributed by atoms with E-state index in [1.165, 1.54) is 0 Å². The van der Waals surface area contributed by atoms with Gasteiger partial charge < -0.3 is 21.5 Å². The topological polar surface area (TPSA) is 17.1 Å². The lowest BCUT2D eigenvalue weighted by Crippen LogP contribution is -3.00. The van der Waals surface area contributed by atoms with Crippen molar-refractivity contribution in [1.82, 2.24) is 0 Å². The van der Waals surface area contributed by atoms with Gasteiger partial charge in [-0.2, -0.15) is 0 Å². The van der Waals surface area contributed by atoms with Crippen LogP contribution in [-0.2, 0) is 4.79 Å². The second kappa shape index (κ2) is 4.01. The van der Waals surface area contributed by atoms with Crippen LogP contribution in [0.2, 0.25) is 0 Å². The molecule has 3 heteroatoms. The summed E-state index contributed by atoms with van der Waals surface area (Å²) in [5.74, 6) is 0.248. The summed E-state index contributed by atoms with van der Waals surface area (Å²) in [5.41, 5.74) is 0. The Hall–Kier alpha value is 0.110. The van der Waals surface area contributed by atoms with Crippen molar-refractivity contribution in [2.24, 2.45) is 0 Å². The molecule has 0 aliphatic heterocycles. The van der Waals surface area contributed by atoms with Crippen molar-refractivity contribution >= 4 is 5.78 Å². The van der Waals surface area contributed by atoms with Crippen molar-refractivity contribution in [3.63, 3.8) is 0 Å². The maximum Gasteiger partial charge on any atom is 0.183 e. The molecular weight excluding hydrogens is 182 g/mol. The van der Waals surface area contributed by atoms with E-state index in [4.69, 9.17) is 0 Å². The summed E-state index contributed by atoms with van der Waals surface area (Å²) in [6.45, 7) is 2.24. The predicted molar refractivity (Wildman–Crippen MR) is 33.6 cm³/mol. The van der Waals surface area contributed by atoms with E-state index in [1.54, 1.807) is 6.92 Å². The molecule has 0 saturated heterocycles. The van der Waals surface area contributed by atoms with E-state index in [1.807, 2.05) is 21.1 Å². The number of ketones is 1. The molecule has 2 nitrogen and oxygen atoms in total. The Kier molecular flexibility index (Phi) is 5.28. The lowest BCUT2D eigenvalue weighted by atomic mass is 10.4. The van der Waals surface area contributed by atoms with Crippen molar-refractivity contribution in [2.45, 2.75) is 6.92 Å². The van der Waals surface area contributed by atoms with Crippen molar-refractivity contribution in [3.8, 4) is 0 Å². The molecule has 9 heavy (non-hydrogen) atoms. The standard InChI is InChI=1S/C6H14NO.BrH/c1-6(8)5-7(2,3)4;/h5H2,1-4H3;1H/q+1;/p-1. The van der Waals surface area contributed by atoms with Crippen LogP contribution in [0.4, 0.5) is 0 Å². The Morgan fingerprint density at radius 3 is 1.67 bits per heavy atom. The van der Waals surface area contributed by atoms with E-state index in [2.05, 4.69) is 0 Å². The highest BCUT2D eigenvalue weighted by Gasteiger charge is 2.08. The molecule has 0 aliphatic carbocycles. The van der Waals surface area contributed by atoms with E-state index in [9.17, 15) is 4.79 Å². The van der Waals surface area contributed by atoms with Gasteiger partial charge >= 0.3 is 0 Å². The lowest BCUT2D eigenvalue weighted by Gasteiger charge is -2.21. The van der Waals surface area contributed by atoms with E-state index in [-0.39, 0.29) is 22.8 Å². The summed E-state index contributed by atoms with van der Waals surface area (Å²) in [6, 6.07) is 0. The van der Waals surface area contributed by atoms with Gasteiger partial charge in [0.15, 0.2) is 5.78 Å². The zero-order valence-corrected chi connectivity index (χ0v) is 8.03. The highest BCUT2D eigenvalue weighted by molar-refractivity contribution is 5.76. The molecule has 0 aliphatic rings. The predicted octanol–water partition coefficient (Wildman–Crippen LogP) is -2.71. The van der Waals surface area contributed by atoms with Crippen LogP contribution in [0.5, 0.6) is 0 Å². The first-order chi connectivity index (χ1) is 3.42. The summed E-state index contributed by atoms with van der Waals surface area (Å²) in [5, 5.41) is 0. The number of hydrogen-bond donors (Lipinski definition) is 0. The average molecular weight is 196 g/mol. The van der Waals surface area contributed by atoms with Gasteiger partial charge in [-0.3, -0.25) is 4.79 Å². The first kappa shape index (κ1) is 11.9. The Labute approximate surface area is 67.2 Å². The molecule has 0 spiro atoms. The van der Waals surface area contributed by atoms with E-state index >= 15 is 0 Å². The molecule has 0 heterocycles.